The molecule has 0 radical (unpaired) electrons. The van der Waals surface area contributed by atoms with Crippen molar-refractivity contribution in [3.05, 3.63) is 22.4 Å². The molecule has 1 saturated heterocycles. The lowest BCUT2D eigenvalue weighted by molar-refractivity contribution is 0.0443. The number of hydrogen-bond acceptors (Lipinski definition) is 2. The molecule has 0 unspecified atom stereocenters. The lowest BCUT2D eigenvalue weighted by Crippen LogP contribution is -2.54. The van der Waals surface area contributed by atoms with Gasteiger partial charge in [-0.3, -0.25) is 9.69 Å². The Balaban J connectivity index is 2.05. The summed E-state index contributed by atoms with van der Waals surface area (Å²) >= 11 is 3.45. The molecule has 1 aromatic heterocycles. The molecule has 0 saturated carbocycles. The van der Waals surface area contributed by atoms with Crippen molar-refractivity contribution in [2.75, 3.05) is 26.2 Å². The first-order chi connectivity index (χ1) is 9.32. The van der Waals surface area contributed by atoms with Gasteiger partial charge in [-0.2, -0.15) is 0 Å². The molecule has 1 aromatic rings. The molecular formula is C15H24BrN3O. The summed E-state index contributed by atoms with van der Waals surface area (Å²) in [6.45, 7) is 13.1. The highest BCUT2D eigenvalue weighted by Gasteiger charge is 2.29. The van der Waals surface area contributed by atoms with Crippen molar-refractivity contribution < 1.29 is 4.79 Å². The number of aromatic nitrogens is 1. The van der Waals surface area contributed by atoms with Crippen LogP contribution in [0.25, 0.3) is 0 Å². The third-order valence-electron chi connectivity index (χ3n) is 3.94. The second kappa shape index (κ2) is 5.90. The van der Waals surface area contributed by atoms with Gasteiger partial charge in [0.25, 0.3) is 5.91 Å². The Morgan fingerprint density at radius 1 is 1.25 bits per heavy atom. The van der Waals surface area contributed by atoms with Gasteiger partial charge in [-0.15, -0.1) is 0 Å². The summed E-state index contributed by atoms with van der Waals surface area (Å²) in [5.74, 6) is 0.145. The van der Waals surface area contributed by atoms with Crippen LogP contribution in [0.4, 0.5) is 0 Å². The van der Waals surface area contributed by atoms with E-state index in [1.54, 1.807) is 0 Å². The Labute approximate surface area is 129 Å². The third kappa shape index (κ3) is 3.26. The van der Waals surface area contributed by atoms with Crippen LogP contribution in [0.1, 0.15) is 38.2 Å². The van der Waals surface area contributed by atoms with E-state index >= 15 is 0 Å². The zero-order valence-electron chi connectivity index (χ0n) is 12.8. The quantitative estimate of drug-likeness (QED) is 0.827. The molecule has 0 atom stereocenters. The van der Waals surface area contributed by atoms with Crippen molar-refractivity contribution in [3.8, 4) is 0 Å². The Morgan fingerprint density at radius 2 is 1.85 bits per heavy atom. The van der Waals surface area contributed by atoms with Crippen LogP contribution in [-0.2, 0) is 6.54 Å². The summed E-state index contributed by atoms with van der Waals surface area (Å²) in [5.41, 5.74) is 0.963. The highest BCUT2D eigenvalue weighted by Crippen LogP contribution is 2.20. The number of amides is 1. The molecule has 2 heterocycles. The van der Waals surface area contributed by atoms with Crippen molar-refractivity contribution in [1.29, 1.82) is 0 Å². The van der Waals surface area contributed by atoms with Gasteiger partial charge in [0.1, 0.15) is 5.69 Å². The molecule has 0 N–H and O–H groups in total. The maximum Gasteiger partial charge on any atom is 0.270 e. The Hall–Kier alpha value is -0.810. The molecular weight excluding hydrogens is 318 g/mol. The van der Waals surface area contributed by atoms with Crippen LogP contribution in [0.2, 0.25) is 0 Å². The lowest BCUT2D eigenvalue weighted by Gasteiger charge is -2.42. The highest BCUT2D eigenvalue weighted by molar-refractivity contribution is 9.10. The number of piperazine rings is 1. The molecule has 4 nitrogen and oxygen atoms in total. The Morgan fingerprint density at radius 3 is 2.35 bits per heavy atom. The molecule has 1 amide bonds. The van der Waals surface area contributed by atoms with Crippen LogP contribution in [0, 0.1) is 0 Å². The van der Waals surface area contributed by atoms with E-state index in [4.69, 9.17) is 0 Å². The van der Waals surface area contributed by atoms with Gasteiger partial charge >= 0.3 is 0 Å². The topological polar surface area (TPSA) is 28.5 Å². The van der Waals surface area contributed by atoms with E-state index < -0.39 is 0 Å². The van der Waals surface area contributed by atoms with Crippen molar-refractivity contribution in [1.82, 2.24) is 14.4 Å². The van der Waals surface area contributed by atoms with E-state index in [2.05, 4.69) is 48.5 Å². The summed E-state index contributed by atoms with van der Waals surface area (Å²) in [6.07, 6.45) is 1.97. The second-order valence-corrected chi connectivity index (χ2v) is 7.20. The Bertz CT molecular complexity index is 482. The number of aryl methyl sites for hydroxylation is 1. The zero-order chi connectivity index (χ0) is 14.9. The fourth-order valence-corrected chi connectivity index (χ4v) is 3.12. The molecule has 0 aliphatic carbocycles. The molecule has 2 rings (SSSR count). The van der Waals surface area contributed by atoms with E-state index in [1.807, 2.05) is 21.7 Å². The van der Waals surface area contributed by atoms with Crippen LogP contribution in [0.15, 0.2) is 16.7 Å². The average molecular weight is 342 g/mol. The van der Waals surface area contributed by atoms with E-state index in [0.29, 0.717) is 0 Å². The minimum Gasteiger partial charge on any atom is -0.343 e. The molecule has 5 heteroatoms. The van der Waals surface area contributed by atoms with E-state index in [0.717, 1.165) is 42.9 Å². The van der Waals surface area contributed by atoms with E-state index in [1.165, 1.54) is 0 Å². The summed E-state index contributed by atoms with van der Waals surface area (Å²) < 4.78 is 2.97. The molecule has 20 heavy (non-hydrogen) atoms. The first-order valence-corrected chi connectivity index (χ1v) is 8.02. The number of halogens is 1. The van der Waals surface area contributed by atoms with Crippen LogP contribution in [-0.4, -0.2) is 52.0 Å². The van der Waals surface area contributed by atoms with Gasteiger partial charge in [0.15, 0.2) is 0 Å². The fourth-order valence-electron chi connectivity index (χ4n) is 2.66. The number of rotatable bonds is 2. The lowest BCUT2D eigenvalue weighted by atomic mass is 10.0. The molecule has 1 fully saturated rings. The predicted octanol–water partition coefficient (Wildman–Crippen LogP) is 2.83. The fraction of sp³-hybridized carbons (Fsp3) is 0.667. The number of carbonyl (C=O) groups is 1. The zero-order valence-corrected chi connectivity index (χ0v) is 14.4. The predicted molar refractivity (Wildman–Crippen MR) is 85.0 cm³/mol. The SMILES string of the molecule is CCn1cc(Br)cc1C(=O)N1CCN(C(C)(C)C)CC1. The number of hydrogen-bond donors (Lipinski definition) is 0. The molecule has 0 aromatic carbocycles. The monoisotopic (exact) mass is 341 g/mol. The average Bonchev–Trinajstić information content (AvgIpc) is 2.78. The smallest absolute Gasteiger partial charge is 0.270 e. The molecule has 1 aliphatic rings. The van der Waals surface area contributed by atoms with Gasteiger partial charge in [-0.25, -0.2) is 0 Å². The summed E-state index contributed by atoms with van der Waals surface area (Å²) in [7, 11) is 0. The summed E-state index contributed by atoms with van der Waals surface area (Å²) in [5, 5.41) is 0. The van der Waals surface area contributed by atoms with Gasteiger partial charge in [0.05, 0.1) is 0 Å². The van der Waals surface area contributed by atoms with Crippen molar-refractivity contribution in [2.45, 2.75) is 39.8 Å². The van der Waals surface area contributed by atoms with Crippen molar-refractivity contribution >= 4 is 21.8 Å². The summed E-state index contributed by atoms with van der Waals surface area (Å²) in [4.78, 5) is 17.0. The third-order valence-corrected chi connectivity index (χ3v) is 4.37. The van der Waals surface area contributed by atoms with Gasteiger partial charge in [-0.05, 0) is 49.7 Å². The molecule has 0 bridgehead atoms. The van der Waals surface area contributed by atoms with Crippen LogP contribution < -0.4 is 0 Å². The van der Waals surface area contributed by atoms with E-state index in [9.17, 15) is 4.79 Å². The maximum absolute atomic E-state index is 12.6. The standard InChI is InChI=1S/C15H24BrN3O/c1-5-17-11-12(16)10-13(17)14(20)18-6-8-19(9-7-18)15(2,3)4/h10-11H,5-9H2,1-4H3. The van der Waals surface area contributed by atoms with Crippen molar-refractivity contribution in [2.24, 2.45) is 0 Å². The minimum atomic E-state index is 0.145. The van der Waals surface area contributed by atoms with Crippen LogP contribution >= 0.6 is 15.9 Å². The molecule has 0 spiro atoms. The van der Waals surface area contributed by atoms with E-state index in [-0.39, 0.29) is 11.4 Å². The van der Waals surface area contributed by atoms with Gasteiger partial charge in [0, 0.05) is 48.9 Å². The number of carbonyl (C=O) groups excluding carboxylic acids is 1. The minimum absolute atomic E-state index is 0.145. The number of nitrogens with zero attached hydrogens (tertiary/aromatic N) is 3. The van der Waals surface area contributed by atoms with Gasteiger partial charge in [0.2, 0.25) is 0 Å². The van der Waals surface area contributed by atoms with Gasteiger partial charge in [-0.1, -0.05) is 0 Å². The van der Waals surface area contributed by atoms with Crippen molar-refractivity contribution in [3.63, 3.8) is 0 Å². The maximum atomic E-state index is 12.6. The normalized spacial score (nSPS) is 17.6. The Kier molecular flexibility index (Phi) is 4.59. The summed E-state index contributed by atoms with van der Waals surface area (Å²) in [6, 6.07) is 1.92. The molecule has 1 aliphatic heterocycles. The first kappa shape index (κ1) is 15.6. The first-order valence-electron chi connectivity index (χ1n) is 7.23. The second-order valence-electron chi connectivity index (χ2n) is 6.28. The van der Waals surface area contributed by atoms with Gasteiger partial charge < -0.3 is 9.47 Å². The van der Waals surface area contributed by atoms with Crippen LogP contribution in [0.3, 0.4) is 0 Å². The molecule has 112 valence electrons. The largest absolute Gasteiger partial charge is 0.343 e. The van der Waals surface area contributed by atoms with Crippen LogP contribution in [0.5, 0.6) is 0 Å². The highest BCUT2D eigenvalue weighted by atomic mass is 79.9.